The van der Waals surface area contributed by atoms with Crippen LogP contribution in [-0.2, 0) is 4.74 Å². The Morgan fingerprint density at radius 3 is 2.92 bits per heavy atom. The first kappa shape index (κ1) is 9.03. The molecule has 70 valence electrons. The molecule has 2 nitrogen and oxygen atoms in total. The highest BCUT2D eigenvalue weighted by atomic mass is 79.9. The number of benzene rings is 1. The van der Waals surface area contributed by atoms with Crippen LogP contribution in [0.5, 0.6) is 5.75 Å². The molecule has 1 heterocycles. The fraction of sp³-hybridized carbons (Fsp3) is 0.400. The van der Waals surface area contributed by atoms with Gasteiger partial charge in [0.15, 0.2) is 0 Å². The molecule has 0 aromatic heterocycles. The molecule has 1 aliphatic rings. The number of hydrogen-bond donors (Lipinski definition) is 1. The van der Waals surface area contributed by atoms with Crippen molar-refractivity contribution in [3.8, 4) is 5.75 Å². The van der Waals surface area contributed by atoms with E-state index in [-0.39, 0.29) is 0 Å². The molecule has 0 bridgehead atoms. The molecule has 1 fully saturated rings. The molecule has 0 saturated carbocycles. The third-order valence-corrected chi connectivity index (χ3v) is 3.04. The van der Waals surface area contributed by atoms with Crippen LogP contribution in [0.2, 0.25) is 0 Å². The minimum Gasteiger partial charge on any atom is -0.508 e. The van der Waals surface area contributed by atoms with Gasteiger partial charge in [0, 0.05) is 17.0 Å². The zero-order valence-electron chi connectivity index (χ0n) is 7.16. The van der Waals surface area contributed by atoms with E-state index in [1.165, 1.54) is 5.56 Å². The lowest BCUT2D eigenvalue weighted by Crippen LogP contribution is -1.97. The van der Waals surface area contributed by atoms with Crippen LogP contribution >= 0.6 is 15.9 Å². The minimum absolute atomic E-state index is 0.301. The molecule has 1 aromatic rings. The van der Waals surface area contributed by atoms with Gasteiger partial charge in [0.1, 0.15) is 5.75 Å². The topological polar surface area (TPSA) is 29.5 Å². The van der Waals surface area contributed by atoms with E-state index in [0.717, 1.165) is 24.1 Å². The van der Waals surface area contributed by atoms with Gasteiger partial charge in [-0.2, -0.15) is 0 Å². The maximum atomic E-state index is 9.22. The van der Waals surface area contributed by atoms with Crippen LogP contribution in [0.15, 0.2) is 22.7 Å². The third kappa shape index (κ3) is 1.86. The summed E-state index contributed by atoms with van der Waals surface area (Å²) < 4.78 is 6.29. The zero-order chi connectivity index (χ0) is 9.26. The summed E-state index contributed by atoms with van der Waals surface area (Å²) in [5.74, 6) is 0.782. The summed E-state index contributed by atoms with van der Waals surface area (Å²) in [6.45, 7) is 1.64. The van der Waals surface area contributed by atoms with Crippen molar-refractivity contribution in [1.82, 2.24) is 0 Å². The highest BCUT2D eigenvalue weighted by Crippen LogP contribution is 2.32. The standard InChI is InChI=1S/C10H11BrO2/c11-10-5-8(12)1-2-9(10)7-3-4-13-6-7/h1-2,5,7,12H,3-4,6H2. The molecule has 1 N–H and O–H groups in total. The molecule has 3 heteroatoms. The van der Waals surface area contributed by atoms with Crippen molar-refractivity contribution in [2.24, 2.45) is 0 Å². The SMILES string of the molecule is Oc1ccc(C2CCOC2)c(Br)c1. The average molecular weight is 243 g/mol. The quantitative estimate of drug-likeness (QED) is 0.821. The predicted molar refractivity (Wildman–Crippen MR) is 54.0 cm³/mol. The summed E-state index contributed by atoms with van der Waals surface area (Å²) >= 11 is 3.44. The van der Waals surface area contributed by atoms with Crippen LogP contribution in [0.1, 0.15) is 17.9 Å². The Bertz CT molecular complexity index is 306. The molecular weight excluding hydrogens is 232 g/mol. The van der Waals surface area contributed by atoms with Gasteiger partial charge in [-0.05, 0) is 24.1 Å². The van der Waals surface area contributed by atoms with Crippen LogP contribution in [0.4, 0.5) is 0 Å². The molecule has 1 unspecified atom stereocenters. The van der Waals surface area contributed by atoms with Gasteiger partial charge in [-0.1, -0.05) is 22.0 Å². The van der Waals surface area contributed by atoms with Crippen molar-refractivity contribution >= 4 is 15.9 Å². The Hall–Kier alpha value is -0.540. The van der Waals surface area contributed by atoms with Crippen LogP contribution in [0.25, 0.3) is 0 Å². The van der Waals surface area contributed by atoms with Crippen molar-refractivity contribution in [2.75, 3.05) is 13.2 Å². The van der Waals surface area contributed by atoms with E-state index in [1.807, 2.05) is 6.07 Å². The van der Waals surface area contributed by atoms with Crippen LogP contribution in [0.3, 0.4) is 0 Å². The van der Waals surface area contributed by atoms with Crippen molar-refractivity contribution in [3.63, 3.8) is 0 Å². The Balaban J connectivity index is 2.29. The molecule has 0 amide bonds. The van der Waals surface area contributed by atoms with Crippen LogP contribution in [-0.4, -0.2) is 18.3 Å². The van der Waals surface area contributed by atoms with E-state index in [0.29, 0.717) is 11.7 Å². The molecular formula is C10H11BrO2. The van der Waals surface area contributed by atoms with E-state index in [1.54, 1.807) is 12.1 Å². The van der Waals surface area contributed by atoms with Crippen molar-refractivity contribution in [1.29, 1.82) is 0 Å². The maximum Gasteiger partial charge on any atom is 0.116 e. The largest absolute Gasteiger partial charge is 0.508 e. The molecule has 1 atom stereocenters. The van der Waals surface area contributed by atoms with Gasteiger partial charge in [0.25, 0.3) is 0 Å². The summed E-state index contributed by atoms with van der Waals surface area (Å²) in [5.41, 5.74) is 1.23. The number of phenolic OH excluding ortho intramolecular Hbond substituents is 1. The zero-order valence-corrected chi connectivity index (χ0v) is 8.75. The Kier molecular flexibility index (Phi) is 2.56. The van der Waals surface area contributed by atoms with Crippen molar-refractivity contribution in [3.05, 3.63) is 28.2 Å². The van der Waals surface area contributed by atoms with Gasteiger partial charge in [0.05, 0.1) is 6.61 Å². The fourth-order valence-corrected chi connectivity index (χ4v) is 2.32. The van der Waals surface area contributed by atoms with E-state index in [4.69, 9.17) is 4.74 Å². The first-order chi connectivity index (χ1) is 6.27. The fourth-order valence-electron chi connectivity index (χ4n) is 1.63. The summed E-state index contributed by atoms with van der Waals surface area (Å²) in [6.07, 6.45) is 1.07. The highest BCUT2D eigenvalue weighted by molar-refractivity contribution is 9.10. The number of rotatable bonds is 1. The average Bonchev–Trinajstić information content (AvgIpc) is 2.56. The molecule has 0 radical (unpaired) electrons. The number of phenols is 1. The first-order valence-electron chi connectivity index (χ1n) is 4.33. The summed E-state index contributed by atoms with van der Waals surface area (Å²) in [6, 6.07) is 5.41. The van der Waals surface area contributed by atoms with Crippen molar-refractivity contribution < 1.29 is 9.84 Å². The van der Waals surface area contributed by atoms with Gasteiger partial charge in [-0.15, -0.1) is 0 Å². The second-order valence-electron chi connectivity index (χ2n) is 3.27. The van der Waals surface area contributed by atoms with Crippen LogP contribution < -0.4 is 0 Å². The summed E-state index contributed by atoms with van der Waals surface area (Å²) in [7, 11) is 0. The van der Waals surface area contributed by atoms with Crippen LogP contribution in [0, 0.1) is 0 Å². The van der Waals surface area contributed by atoms with Gasteiger partial charge < -0.3 is 9.84 Å². The number of hydrogen-bond acceptors (Lipinski definition) is 2. The lowest BCUT2D eigenvalue weighted by atomic mass is 9.99. The predicted octanol–water partition coefficient (Wildman–Crippen LogP) is 2.66. The molecule has 1 aromatic carbocycles. The number of ether oxygens (including phenoxy) is 1. The van der Waals surface area contributed by atoms with E-state index in [2.05, 4.69) is 15.9 Å². The number of halogens is 1. The normalized spacial score (nSPS) is 22.1. The molecule has 0 aliphatic carbocycles. The second-order valence-corrected chi connectivity index (χ2v) is 4.12. The Morgan fingerprint density at radius 2 is 2.31 bits per heavy atom. The monoisotopic (exact) mass is 242 g/mol. The van der Waals surface area contributed by atoms with E-state index < -0.39 is 0 Å². The molecule has 13 heavy (non-hydrogen) atoms. The first-order valence-corrected chi connectivity index (χ1v) is 5.13. The lowest BCUT2D eigenvalue weighted by Gasteiger charge is -2.10. The highest BCUT2D eigenvalue weighted by Gasteiger charge is 2.19. The van der Waals surface area contributed by atoms with Gasteiger partial charge >= 0.3 is 0 Å². The van der Waals surface area contributed by atoms with Gasteiger partial charge in [-0.3, -0.25) is 0 Å². The van der Waals surface area contributed by atoms with Gasteiger partial charge in [0.2, 0.25) is 0 Å². The molecule has 1 saturated heterocycles. The molecule has 0 spiro atoms. The Labute approximate surface area is 85.7 Å². The molecule has 1 aliphatic heterocycles. The van der Waals surface area contributed by atoms with Gasteiger partial charge in [-0.25, -0.2) is 0 Å². The minimum atomic E-state index is 0.301. The number of aromatic hydroxyl groups is 1. The van der Waals surface area contributed by atoms with Crippen molar-refractivity contribution in [2.45, 2.75) is 12.3 Å². The lowest BCUT2D eigenvalue weighted by molar-refractivity contribution is 0.194. The van der Waals surface area contributed by atoms with E-state index in [9.17, 15) is 5.11 Å². The van der Waals surface area contributed by atoms with E-state index >= 15 is 0 Å². The summed E-state index contributed by atoms with van der Waals surface area (Å²) in [5, 5.41) is 9.22. The smallest absolute Gasteiger partial charge is 0.116 e. The molecule has 2 rings (SSSR count). The summed E-state index contributed by atoms with van der Waals surface area (Å²) in [4.78, 5) is 0. The maximum absolute atomic E-state index is 9.22. The second kappa shape index (κ2) is 3.68. The third-order valence-electron chi connectivity index (χ3n) is 2.35. The Morgan fingerprint density at radius 1 is 1.46 bits per heavy atom.